The van der Waals surface area contributed by atoms with Gasteiger partial charge in [0.25, 0.3) is 0 Å². The van der Waals surface area contributed by atoms with Gasteiger partial charge in [0.2, 0.25) is 59.3 Å². The number of fused-ring (bicyclic) bond motifs is 15. The number of benzene rings is 5. The molecule has 43 heteroatoms. The third-order valence-electron chi connectivity index (χ3n) is 23.1. The second-order valence-corrected chi connectivity index (χ2v) is 34.1. The smallest absolute Gasteiger partial charge is 0.326 e. The minimum Gasteiger partial charge on any atom is -0.507 e. The molecule has 0 aromatic heterocycles. The highest BCUT2D eigenvalue weighted by Gasteiger charge is 2.52. The minimum absolute atomic E-state index is 0.0190. The van der Waals surface area contributed by atoms with Crippen LogP contribution in [0.4, 0.5) is 0 Å². The topological polar surface area (TPSA) is 642 Å². The second-order valence-electron chi connectivity index (χ2n) is 33.3. The van der Waals surface area contributed by atoms with Crippen molar-refractivity contribution in [2.45, 2.75) is 233 Å². The average Bonchev–Trinajstić information content (AvgIpc) is 0.757. The minimum atomic E-state index is -2.48. The Morgan fingerprint density at radius 1 is 0.669 bits per heavy atom. The van der Waals surface area contributed by atoms with E-state index in [-0.39, 0.29) is 67.0 Å². The number of primary amides is 1. The molecule has 8 amide bonds. The third kappa shape index (κ3) is 25.5. The molecular formula is C87H117Cl2N13O28. The number of carboxylic acid groups (broad SMARTS) is 2. The molecule has 2 fully saturated rings. The van der Waals surface area contributed by atoms with Crippen LogP contribution in [0.5, 0.6) is 46.0 Å². The fraction of sp³-hybridized carbons (Fsp3) is 0.540. The van der Waals surface area contributed by atoms with E-state index in [0.717, 1.165) is 92.9 Å². The van der Waals surface area contributed by atoms with Crippen LogP contribution in [0.15, 0.2) is 72.8 Å². The summed E-state index contributed by atoms with van der Waals surface area (Å²) in [6.45, 7) is 9.29. The molecule has 2 saturated heterocycles. The summed E-state index contributed by atoms with van der Waals surface area (Å²) in [5, 5.41) is 156. The van der Waals surface area contributed by atoms with Gasteiger partial charge in [-0.2, -0.15) is 0 Å². The number of likely N-dealkylation sites (N-methyl/N-ethyl adjacent to an activating group) is 1. The number of aliphatic carboxylic acids is 2. The Kier molecular flexibility index (Phi) is 36.4. The number of hydrogen-bond acceptors (Lipinski definition) is 31. The number of nitrogens with two attached hydrogens (primary N) is 2. The number of carbonyl (C=O) groups is 10. The highest BCUT2D eigenvalue weighted by Crippen LogP contribution is 2.51. The number of amides is 8. The molecule has 0 aliphatic carbocycles. The zero-order chi connectivity index (χ0) is 94.7. The Labute approximate surface area is 758 Å². The van der Waals surface area contributed by atoms with E-state index in [1.54, 1.807) is 13.8 Å². The normalized spacial score (nSPS) is 25.7. The number of carbonyl (C=O) groups excluding carboxylic acids is 8. The SMILES string of the molecule is CCCCCCCCCCNCCN[C@@]1(C)C[C@H](O[C@H]2[C@H](Oc3c4cc5cc3Oc3ccc(cc3Cl)[C@@H](O)[C@@H](NC(=O)[C@@H](CC(C)C)NC)C(=O)N[C@@H](CC(N)=O)C(=O)N[C@H]5C(=O)N[C@H]3C(=O)N[C@H](C(=O)N[C@H](C(=O)NC(CC(=O)O)C(=O)O)c5cc(O)c(CNCCOCCO)c(O)c5-c5cc3ccc5O)[C@H](O)c3ccc(c(Cl)c3)O4)O[C@H](CN)[C@@H](O)[C@@H]2O)O[C@@H](C)[C@H]1O. The van der Waals surface area contributed by atoms with Gasteiger partial charge in [0.05, 0.1) is 66.5 Å². The summed E-state index contributed by atoms with van der Waals surface area (Å²) >= 11 is 14.5. The summed E-state index contributed by atoms with van der Waals surface area (Å²) < 4.78 is 45.2. The van der Waals surface area contributed by atoms with Gasteiger partial charge < -0.3 is 159 Å². The first-order valence-corrected chi connectivity index (χ1v) is 43.8. The second kappa shape index (κ2) is 46.6. The summed E-state index contributed by atoms with van der Waals surface area (Å²) in [6, 6.07) is -4.68. The third-order valence-corrected chi connectivity index (χ3v) is 23.7. The van der Waals surface area contributed by atoms with Crippen molar-refractivity contribution in [2.75, 3.05) is 59.6 Å². The first kappa shape index (κ1) is 102. The van der Waals surface area contributed by atoms with Crippen molar-refractivity contribution in [3.8, 4) is 57.1 Å². The van der Waals surface area contributed by atoms with Crippen molar-refractivity contribution in [1.29, 1.82) is 0 Å². The number of aromatic hydroxyl groups is 3. The number of carboxylic acids is 2. The van der Waals surface area contributed by atoms with Crippen LogP contribution in [-0.2, 0) is 73.4 Å². The van der Waals surface area contributed by atoms with Crippen molar-refractivity contribution < 1.29 is 137 Å². The van der Waals surface area contributed by atoms with Crippen LogP contribution in [0.1, 0.15) is 175 Å². The van der Waals surface area contributed by atoms with Gasteiger partial charge in [0, 0.05) is 55.8 Å². The molecule has 12 rings (SSSR count). The van der Waals surface area contributed by atoms with Crippen molar-refractivity contribution in [3.05, 3.63) is 116 Å². The van der Waals surface area contributed by atoms with Gasteiger partial charge in [-0.25, -0.2) is 4.79 Å². The van der Waals surface area contributed by atoms with E-state index >= 15 is 28.8 Å². The quantitative estimate of drug-likeness (QED) is 0.0250. The molecule has 5 aromatic carbocycles. The molecule has 41 nitrogen and oxygen atoms in total. The Morgan fingerprint density at radius 3 is 1.92 bits per heavy atom. The molecular weight excluding hydrogens is 1750 g/mol. The fourth-order valence-electron chi connectivity index (χ4n) is 16.0. The number of unbranched alkanes of at least 4 members (excludes halogenated alkanes) is 7. The van der Waals surface area contributed by atoms with E-state index in [1.807, 2.05) is 19.2 Å². The summed E-state index contributed by atoms with van der Waals surface area (Å²) in [7, 11) is 1.47. The number of hydrogen-bond donors (Lipinski definition) is 24. The first-order chi connectivity index (χ1) is 61.9. The van der Waals surface area contributed by atoms with E-state index in [9.17, 15) is 75.3 Å². The lowest BCUT2D eigenvalue weighted by Gasteiger charge is -2.48. The van der Waals surface area contributed by atoms with Crippen LogP contribution < -0.4 is 84.2 Å². The maximum Gasteiger partial charge on any atom is 0.326 e. The van der Waals surface area contributed by atoms with E-state index in [1.165, 1.54) is 44.9 Å². The summed E-state index contributed by atoms with van der Waals surface area (Å²) in [6.07, 6.45) is -10.4. The Balaban J connectivity index is 1.19. The highest BCUT2D eigenvalue weighted by molar-refractivity contribution is 6.32. The van der Waals surface area contributed by atoms with E-state index in [0.29, 0.717) is 13.1 Å². The van der Waals surface area contributed by atoms with Crippen LogP contribution in [-0.4, -0.2) is 260 Å². The Hall–Kier alpha value is -10.4. The zero-order valence-corrected chi connectivity index (χ0v) is 74.0. The molecule has 26 N–H and O–H groups in total. The number of aliphatic hydroxyl groups excluding tert-OH is 6. The lowest BCUT2D eigenvalue weighted by Crippen LogP contribution is -2.66. The van der Waals surface area contributed by atoms with Crippen LogP contribution in [0.25, 0.3) is 11.1 Å². The number of nitrogens with one attached hydrogen (secondary N) is 11. The van der Waals surface area contributed by atoms with Gasteiger partial charge in [-0.05, 0) is 129 Å². The number of phenols is 3. The Bertz CT molecular complexity index is 4870. The number of aliphatic hydroxyl groups is 6. The number of rotatable bonds is 37. The molecule has 0 saturated carbocycles. The molecule has 0 radical (unpaired) electrons. The van der Waals surface area contributed by atoms with Gasteiger partial charge in [-0.15, -0.1) is 0 Å². The molecule has 712 valence electrons. The predicted octanol–water partition coefficient (Wildman–Crippen LogP) is 1.49. The molecule has 7 aliphatic heterocycles. The van der Waals surface area contributed by atoms with Crippen LogP contribution in [0.3, 0.4) is 0 Å². The molecule has 7 heterocycles. The molecule has 11 bridgehead atoms. The van der Waals surface area contributed by atoms with Crippen molar-refractivity contribution in [2.24, 2.45) is 17.4 Å². The van der Waals surface area contributed by atoms with Gasteiger partial charge in [0.1, 0.15) is 102 Å². The molecule has 0 spiro atoms. The maximum atomic E-state index is 16.5. The first-order valence-electron chi connectivity index (χ1n) is 43.0. The lowest BCUT2D eigenvalue weighted by atomic mass is 9.85. The van der Waals surface area contributed by atoms with E-state index < -0.39 is 279 Å². The summed E-state index contributed by atoms with van der Waals surface area (Å²) in [5.74, 6) is -20.3. The highest BCUT2D eigenvalue weighted by atomic mass is 35.5. The molecule has 1 unspecified atom stereocenters. The van der Waals surface area contributed by atoms with Gasteiger partial charge >= 0.3 is 11.9 Å². The molecule has 7 aliphatic rings. The van der Waals surface area contributed by atoms with Crippen LogP contribution in [0, 0.1) is 5.92 Å². The Morgan fingerprint density at radius 2 is 1.30 bits per heavy atom. The monoisotopic (exact) mass is 1860 g/mol. The zero-order valence-electron chi connectivity index (χ0n) is 72.5. The van der Waals surface area contributed by atoms with Gasteiger partial charge in [0.15, 0.2) is 23.9 Å². The van der Waals surface area contributed by atoms with E-state index in [4.69, 9.17) is 67.8 Å². The number of phenolic OH excluding ortho intramolecular Hbond substituents is 3. The van der Waals surface area contributed by atoms with Crippen molar-refractivity contribution >= 4 is 82.4 Å². The molecule has 5 aromatic rings. The average molecular weight is 1860 g/mol. The largest absolute Gasteiger partial charge is 0.507 e. The lowest BCUT2D eigenvalue weighted by molar-refractivity contribution is -0.331. The summed E-state index contributed by atoms with van der Waals surface area (Å²) in [5.41, 5.74) is 7.05. The number of halogens is 2. The maximum absolute atomic E-state index is 16.5. The molecule has 130 heavy (non-hydrogen) atoms. The fourth-order valence-corrected chi connectivity index (χ4v) is 16.5. The summed E-state index contributed by atoms with van der Waals surface area (Å²) in [4.78, 5) is 147. The van der Waals surface area contributed by atoms with Crippen molar-refractivity contribution in [1.82, 2.24) is 58.5 Å². The van der Waals surface area contributed by atoms with Gasteiger partial charge in [-0.3, -0.25) is 43.2 Å². The van der Waals surface area contributed by atoms with Crippen LogP contribution in [0.2, 0.25) is 10.0 Å². The van der Waals surface area contributed by atoms with Gasteiger partial charge in [-0.1, -0.05) is 107 Å². The standard InChI is InChI=1S/C87H117Cl2N13O28/c1-7-8-9-10-11-12-13-14-21-93-22-23-95-87(5)37-63(125-41(4)77(87)114)129-76-74(113)73(112)60(38-90)128-86(76)130-75-58-32-45-33-59(75)127-57-20-17-44(31-50(57)89)71(110)69-84(121)100-67(82(119)97-53(85(122)123)36-62(107)108)47-34-55(105)48(39-94-24-26-124-27-25-103)72(111)64(47)46-29-42(15-18-54(46)104)65(80(117)102-69)99-81(118)66(45)98-79(116)52(35-61(91)106)96-83(120)68(101-78(115)51(92-6)28-40(2)3)70(109)43-16-19-56(126-58)49(88)30-43/h15-20,29-34,40-41,51-53,60,63,65-71,73-74,76-77,86,92-95,103-105,109-114H,7-14,21-28,35-39,90H2,1-6H3,(H2,91,106)(H,96,120)(H,97,119)(H,98,116)(H,99,118)(H,100,121)(H,101,115)(H,102,117)(H,107,108)(H,122,123)/t41-,51+,52-,53?,60+,63-,65+,66+,67-,68+,69-,70+,71+,73+,74-,76+,77+,86-,87-/m0/s1. The predicted molar refractivity (Wildman–Crippen MR) is 464 cm³/mol. The van der Waals surface area contributed by atoms with Crippen molar-refractivity contribution in [3.63, 3.8) is 0 Å². The number of ether oxygens (including phenoxy) is 7. The van der Waals surface area contributed by atoms with Crippen LogP contribution >= 0.6 is 23.2 Å². The molecule has 19 atom stereocenters. The van der Waals surface area contributed by atoms with E-state index in [2.05, 4.69) is 60.1 Å².